The molecule has 2 aliphatic rings. The van der Waals surface area contributed by atoms with Crippen LogP contribution in [0, 0.1) is 12.3 Å². The molecule has 1 aromatic carbocycles. The van der Waals surface area contributed by atoms with Crippen molar-refractivity contribution in [2.24, 2.45) is 16.9 Å². The van der Waals surface area contributed by atoms with E-state index in [-0.39, 0.29) is 28.0 Å². The Kier molecular flexibility index (Phi) is 5.22. The first-order chi connectivity index (χ1) is 15.8. The monoisotopic (exact) mass is 463 g/mol. The lowest BCUT2D eigenvalue weighted by atomic mass is 9.73. The number of hydrogen-bond donors (Lipinski definition) is 3. The molecular weight excluding hydrogens is 438 g/mol. The zero-order valence-electron chi connectivity index (χ0n) is 18.4. The van der Waals surface area contributed by atoms with Gasteiger partial charge in [-0.2, -0.15) is 0 Å². The highest BCUT2D eigenvalue weighted by molar-refractivity contribution is 6.35. The number of rotatable bonds is 3. The zero-order valence-corrected chi connectivity index (χ0v) is 19.1. The number of benzene rings is 1. The number of aryl methyl sites for hydroxylation is 1. The Morgan fingerprint density at radius 1 is 1.18 bits per heavy atom. The number of halogens is 1. The Balaban J connectivity index is 1.45. The van der Waals surface area contributed by atoms with Crippen molar-refractivity contribution >= 4 is 29.3 Å². The number of nitrogen functional groups attached to an aromatic ring is 1. The highest BCUT2D eigenvalue weighted by Crippen LogP contribution is 2.51. The molecule has 1 spiro atoms. The number of piperidine rings is 1. The average Bonchev–Trinajstić information content (AvgIpc) is 3.07. The number of carbonyl (C=O) groups is 1. The molecule has 5 rings (SSSR count). The first-order valence-electron chi connectivity index (χ1n) is 11.0. The number of pyridine rings is 1. The number of aromatic nitrogens is 3. The molecule has 8 nitrogen and oxygen atoms in total. The summed E-state index contributed by atoms with van der Waals surface area (Å²) in [6, 6.07) is 10.2. The van der Waals surface area contributed by atoms with Gasteiger partial charge in [-0.3, -0.25) is 4.79 Å². The van der Waals surface area contributed by atoms with Crippen molar-refractivity contribution < 1.29 is 4.79 Å². The maximum absolute atomic E-state index is 12.4. The van der Waals surface area contributed by atoms with Gasteiger partial charge in [0.1, 0.15) is 11.5 Å². The second-order valence-electron chi connectivity index (χ2n) is 8.96. The number of fused-ring (bicyclic) bond motifs is 1. The third-order valence-electron chi connectivity index (χ3n) is 7.13. The van der Waals surface area contributed by atoms with Crippen molar-refractivity contribution in [1.29, 1.82) is 0 Å². The third kappa shape index (κ3) is 3.50. The maximum atomic E-state index is 12.4. The SMILES string of the molecule is Cc1nc(N2CCC3(CC2)Cc2ccccc2[C@H]3N)nc(C(N)=O)c1-c1ccnc(N)c1Cl. The molecule has 1 aliphatic heterocycles. The van der Waals surface area contributed by atoms with Crippen LogP contribution in [0.1, 0.15) is 46.2 Å². The van der Waals surface area contributed by atoms with Crippen molar-refractivity contribution in [3.63, 3.8) is 0 Å². The summed E-state index contributed by atoms with van der Waals surface area (Å²) in [6.07, 6.45) is 4.37. The molecule has 1 aliphatic carbocycles. The maximum Gasteiger partial charge on any atom is 0.268 e. The fourth-order valence-electron chi connectivity index (χ4n) is 5.31. The molecule has 1 atom stereocenters. The van der Waals surface area contributed by atoms with Crippen LogP contribution in [0.3, 0.4) is 0 Å². The van der Waals surface area contributed by atoms with E-state index in [9.17, 15) is 4.79 Å². The Bertz CT molecular complexity index is 1250. The van der Waals surface area contributed by atoms with Crippen molar-refractivity contribution in [3.05, 3.63) is 64.1 Å². The summed E-state index contributed by atoms with van der Waals surface area (Å²) < 4.78 is 0. The van der Waals surface area contributed by atoms with Gasteiger partial charge < -0.3 is 22.1 Å². The van der Waals surface area contributed by atoms with E-state index in [1.165, 1.54) is 17.3 Å². The molecule has 2 aromatic heterocycles. The van der Waals surface area contributed by atoms with Crippen molar-refractivity contribution in [3.8, 4) is 11.1 Å². The van der Waals surface area contributed by atoms with E-state index in [1.54, 1.807) is 6.07 Å². The highest BCUT2D eigenvalue weighted by Gasteiger charge is 2.46. The molecule has 33 heavy (non-hydrogen) atoms. The van der Waals surface area contributed by atoms with Gasteiger partial charge in [-0.15, -0.1) is 0 Å². The van der Waals surface area contributed by atoms with Crippen molar-refractivity contribution in [2.75, 3.05) is 23.7 Å². The van der Waals surface area contributed by atoms with Crippen LogP contribution in [0.5, 0.6) is 0 Å². The van der Waals surface area contributed by atoms with E-state index in [2.05, 4.69) is 39.1 Å². The predicted molar refractivity (Wildman–Crippen MR) is 129 cm³/mol. The van der Waals surface area contributed by atoms with Crippen LogP contribution in [0.4, 0.5) is 11.8 Å². The van der Waals surface area contributed by atoms with Crippen molar-refractivity contribution in [2.45, 2.75) is 32.2 Å². The van der Waals surface area contributed by atoms with E-state index in [4.69, 9.17) is 33.8 Å². The second kappa shape index (κ2) is 7.97. The molecule has 0 bridgehead atoms. The van der Waals surface area contributed by atoms with Gasteiger partial charge in [-0.05, 0) is 48.8 Å². The van der Waals surface area contributed by atoms with Crippen LogP contribution in [0.15, 0.2) is 36.5 Å². The van der Waals surface area contributed by atoms with E-state index >= 15 is 0 Å². The molecule has 1 saturated heterocycles. The van der Waals surface area contributed by atoms with Crippen molar-refractivity contribution in [1.82, 2.24) is 15.0 Å². The number of nitrogens with two attached hydrogens (primary N) is 3. The summed E-state index contributed by atoms with van der Waals surface area (Å²) in [5.74, 6) is 0.00960. The van der Waals surface area contributed by atoms with Gasteiger partial charge in [-0.25, -0.2) is 15.0 Å². The van der Waals surface area contributed by atoms with Crippen LogP contribution in [-0.4, -0.2) is 33.9 Å². The lowest BCUT2D eigenvalue weighted by Gasteiger charge is -2.42. The normalized spacial score (nSPS) is 19.0. The Morgan fingerprint density at radius 2 is 1.91 bits per heavy atom. The Hall–Kier alpha value is -3.23. The molecule has 170 valence electrons. The van der Waals surface area contributed by atoms with E-state index < -0.39 is 5.91 Å². The van der Waals surface area contributed by atoms with Crippen LogP contribution in [0.2, 0.25) is 5.02 Å². The number of primary amides is 1. The summed E-state index contributed by atoms with van der Waals surface area (Å²) in [6.45, 7) is 3.32. The first kappa shape index (κ1) is 21.6. The lowest BCUT2D eigenvalue weighted by Crippen LogP contribution is -2.45. The van der Waals surface area contributed by atoms with Gasteiger partial charge in [-0.1, -0.05) is 35.9 Å². The lowest BCUT2D eigenvalue weighted by molar-refractivity contribution is 0.0996. The van der Waals surface area contributed by atoms with Gasteiger partial charge >= 0.3 is 0 Å². The predicted octanol–water partition coefficient (Wildman–Crippen LogP) is 3.02. The van der Waals surface area contributed by atoms with Gasteiger partial charge in [0.2, 0.25) is 5.95 Å². The topological polar surface area (TPSA) is 137 Å². The largest absolute Gasteiger partial charge is 0.382 e. The number of nitrogens with zero attached hydrogens (tertiary/aromatic N) is 4. The van der Waals surface area contributed by atoms with Crippen LogP contribution >= 0.6 is 11.6 Å². The van der Waals surface area contributed by atoms with Gasteiger partial charge in [0.25, 0.3) is 5.91 Å². The summed E-state index contributed by atoms with van der Waals surface area (Å²) in [5.41, 5.74) is 22.7. The van der Waals surface area contributed by atoms with E-state index in [0.717, 1.165) is 32.4 Å². The number of anilines is 2. The molecule has 0 unspecified atom stereocenters. The van der Waals surface area contributed by atoms with Gasteiger partial charge in [0, 0.05) is 36.5 Å². The number of hydrogen-bond acceptors (Lipinski definition) is 7. The Labute approximate surface area is 197 Å². The molecule has 0 saturated carbocycles. The van der Waals surface area contributed by atoms with Crippen LogP contribution < -0.4 is 22.1 Å². The fourth-order valence-corrected chi connectivity index (χ4v) is 5.52. The summed E-state index contributed by atoms with van der Waals surface area (Å²) >= 11 is 6.37. The smallest absolute Gasteiger partial charge is 0.268 e. The minimum absolute atomic E-state index is 0.0290. The molecular formula is C24H26ClN7O. The quantitative estimate of drug-likeness (QED) is 0.542. The summed E-state index contributed by atoms with van der Waals surface area (Å²) in [4.78, 5) is 27.7. The minimum atomic E-state index is -0.648. The molecule has 3 heterocycles. The molecule has 9 heteroatoms. The van der Waals surface area contributed by atoms with Gasteiger partial charge in [0.05, 0.1) is 10.7 Å². The van der Waals surface area contributed by atoms with Gasteiger partial charge in [0.15, 0.2) is 0 Å². The summed E-state index contributed by atoms with van der Waals surface area (Å²) in [5, 5.41) is 0.245. The number of carbonyl (C=O) groups excluding carboxylic acids is 1. The minimum Gasteiger partial charge on any atom is -0.382 e. The molecule has 6 N–H and O–H groups in total. The van der Waals surface area contributed by atoms with E-state index in [0.29, 0.717) is 22.8 Å². The first-order valence-corrected chi connectivity index (χ1v) is 11.4. The Morgan fingerprint density at radius 3 is 2.61 bits per heavy atom. The zero-order chi connectivity index (χ0) is 23.3. The second-order valence-corrected chi connectivity index (χ2v) is 9.34. The highest BCUT2D eigenvalue weighted by atomic mass is 35.5. The van der Waals surface area contributed by atoms with E-state index in [1.807, 2.05) is 6.92 Å². The third-order valence-corrected chi connectivity index (χ3v) is 7.53. The van der Waals surface area contributed by atoms with Crippen LogP contribution in [0.25, 0.3) is 11.1 Å². The fraction of sp³-hybridized carbons (Fsp3) is 0.333. The number of amides is 1. The molecule has 3 aromatic rings. The summed E-state index contributed by atoms with van der Waals surface area (Å²) in [7, 11) is 0. The van der Waals surface area contributed by atoms with Crippen LogP contribution in [-0.2, 0) is 6.42 Å². The average molecular weight is 464 g/mol. The molecule has 0 radical (unpaired) electrons. The molecule has 1 fully saturated rings. The molecule has 1 amide bonds. The standard InChI is InChI=1S/C24H26ClN7O/c1-13-17(16-6-9-29-21(27)18(16)25)19(22(28)33)31-23(30-13)32-10-7-24(8-11-32)12-14-4-2-3-5-15(14)20(24)26/h2-6,9,20H,7-8,10-12,26H2,1H3,(H2,27,29)(H2,28,33)/t20-/m1/s1.